The Morgan fingerprint density at radius 1 is 1.35 bits per heavy atom. The van der Waals surface area contributed by atoms with Crippen molar-refractivity contribution < 1.29 is 24.2 Å². The maximum atomic E-state index is 11.7. The molecule has 0 spiro atoms. The fourth-order valence-corrected chi connectivity index (χ4v) is 2.17. The van der Waals surface area contributed by atoms with Crippen molar-refractivity contribution in [2.75, 3.05) is 5.73 Å². The van der Waals surface area contributed by atoms with E-state index in [1.807, 2.05) is 0 Å². The molecule has 0 saturated carbocycles. The molecule has 0 unspecified atom stereocenters. The van der Waals surface area contributed by atoms with Crippen LogP contribution in [0.5, 0.6) is 0 Å². The quantitative estimate of drug-likeness (QED) is 0.458. The van der Waals surface area contributed by atoms with Crippen LogP contribution in [0.15, 0.2) is 40.9 Å². The number of nitrogens with two attached hydrogens (primary N) is 1. The molecule has 8 nitrogen and oxygen atoms in total. The number of aromatic nitrogens is 1. The average molecular weight is 331 g/mol. The third-order valence-electron chi connectivity index (χ3n) is 2.65. The fourth-order valence-electron chi connectivity index (χ4n) is 1.63. The van der Waals surface area contributed by atoms with Gasteiger partial charge in [-0.25, -0.2) is 14.6 Å². The monoisotopic (exact) mass is 331 g/mol. The Balaban J connectivity index is 2.31. The van der Waals surface area contributed by atoms with Crippen LogP contribution in [0.25, 0.3) is 0 Å². The van der Waals surface area contributed by atoms with Crippen molar-refractivity contribution in [3.05, 3.63) is 47.0 Å². The molecule has 3 N–H and O–H groups in total. The van der Waals surface area contributed by atoms with Crippen molar-refractivity contribution in [3.63, 3.8) is 0 Å². The van der Waals surface area contributed by atoms with Crippen molar-refractivity contribution in [3.8, 4) is 0 Å². The summed E-state index contributed by atoms with van der Waals surface area (Å²) in [6, 6.07) is 8.23. The summed E-state index contributed by atoms with van der Waals surface area (Å²) in [5.41, 5.74) is 5.38. The van der Waals surface area contributed by atoms with E-state index in [-0.39, 0.29) is 10.8 Å². The maximum absolute atomic E-state index is 11.7. The van der Waals surface area contributed by atoms with Gasteiger partial charge in [-0.1, -0.05) is 35.5 Å². The van der Waals surface area contributed by atoms with Crippen LogP contribution in [0, 0.1) is 0 Å². The largest absolute Gasteiger partial charge is 0.540 e. The van der Waals surface area contributed by atoms with Crippen molar-refractivity contribution >= 4 is 42.2 Å². The molecule has 1 aromatic carbocycles. The summed E-state index contributed by atoms with van der Waals surface area (Å²) in [6.45, 7) is 0. The molecular weight excluding hydrogens is 321 g/mol. The SMILES string of the molecule is [B]OC(=O)[C@@H](O/N=C(\C(=O)O)c1csc(N)n1)c1ccccc1. The molecule has 0 saturated heterocycles. The zero-order chi connectivity index (χ0) is 16.8. The van der Waals surface area contributed by atoms with Crippen LogP contribution < -0.4 is 5.73 Å². The lowest BCUT2D eigenvalue weighted by Crippen LogP contribution is -2.20. The Morgan fingerprint density at radius 3 is 2.57 bits per heavy atom. The first-order chi connectivity index (χ1) is 11.0. The summed E-state index contributed by atoms with van der Waals surface area (Å²) in [5.74, 6) is -2.31. The summed E-state index contributed by atoms with van der Waals surface area (Å²) < 4.78 is 4.16. The first-order valence-corrected chi connectivity index (χ1v) is 7.05. The van der Waals surface area contributed by atoms with Gasteiger partial charge in [0.15, 0.2) is 5.13 Å². The molecule has 23 heavy (non-hydrogen) atoms. The van der Waals surface area contributed by atoms with Gasteiger partial charge in [-0.3, -0.25) is 0 Å². The van der Waals surface area contributed by atoms with Crippen molar-refractivity contribution in [1.29, 1.82) is 0 Å². The van der Waals surface area contributed by atoms with Gasteiger partial charge in [0.1, 0.15) is 5.69 Å². The third-order valence-corrected chi connectivity index (χ3v) is 3.32. The molecule has 10 heteroatoms. The number of carboxylic acid groups (broad SMARTS) is 1. The van der Waals surface area contributed by atoms with E-state index in [4.69, 9.17) is 18.6 Å². The van der Waals surface area contributed by atoms with Crippen LogP contribution in [-0.4, -0.2) is 35.8 Å². The number of carbonyl (C=O) groups excluding carboxylic acids is 1. The van der Waals surface area contributed by atoms with Gasteiger partial charge in [0, 0.05) is 10.9 Å². The summed E-state index contributed by atoms with van der Waals surface area (Å²) in [4.78, 5) is 31.8. The van der Waals surface area contributed by atoms with Crippen LogP contribution in [0.1, 0.15) is 17.4 Å². The smallest absolute Gasteiger partial charge is 0.378 e. The molecular formula is C13H10BN3O5S. The maximum Gasteiger partial charge on any atom is 0.378 e. The Hall–Kier alpha value is -2.88. The Labute approximate surface area is 136 Å². The number of rotatable bonds is 6. The molecule has 116 valence electrons. The van der Waals surface area contributed by atoms with Crippen molar-refractivity contribution in [2.45, 2.75) is 6.10 Å². The van der Waals surface area contributed by atoms with Crippen molar-refractivity contribution in [1.82, 2.24) is 4.98 Å². The second kappa shape index (κ2) is 7.41. The van der Waals surface area contributed by atoms with E-state index in [1.54, 1.807) is 30.3 Å². The molecule has 1 atom stereocenters. The molecule has 0 amide bonds. The molecule has 0 aliphatic rings. The van der Waals surface area contributed by atoms with E-state index in [0.717, 1.165) is 11.3 Å². The van der Waals surface area contributed by atoms with Gasteiger partial charge in [-0.05, 0) is 0 Å². The van der Waals surface area contributed by atoms with Gasteiger partial charge < -0.3 is 20.3 Å². The summed E-state index contributed by atoms with van der Waals surface area (Å²) in [6.07, 6.45) is -1.31. The molecule has 1 heterocycles. The number of hydrogen-bond donors (Lipinski definition) is 2. The highest BCUT2D eigenvalue weighted by molar-refractivity contribution is 7.13. The predicted molar refractivity (Wildman–Crippen MR) is 82.8 cm³/mol. The van der Waals surface area contributed by atoms with E-state index in [2.05, 4.69) is 14.8 Å². The predicted octanol–water partition coefficient (Wildman–Crippen LogP) is 0.899. The van der Waals surface area contributed by atoms with E-state index in [1.165, 1.54) is 5.38 Å². The lowest BCUT2D eigenvalue weighted by Gasteiger charge is -2.13. The highest BCUT2D eigenvalue weighted by Gasteiger charge is 2.25. The summed E-state index contributed by atoms with van der Waals surface area (Å²) in [7, 11) is 4.87. The zero-order valence-electron chi connectivity index (χ0n) is 11.6. The number of thiazole rings is 1. The van der Waals surface area contributed by atoms with Gasteiger partial charge in [-0.15, -0.1) is 11.3 Å². The second-order valence-electron chi connectivity index (χ2n) is 4.15. The van der Waals surface area contributed by atoms with Gasteiger partial charge in [0.05, 0.1) is 0 Å². The highest BCUT2D eigenvalue weighted by Crippen LogP contribution is 2.20. The summed E-state index contributed by atoms with van der Waals surface area (Å²) in [5, 5.41) is 14.3. The highest BCUT2D eigenvalue weighted by atomic mass is 32.1. The minimum Gasteiger partial charge on any atom is -0.540 e. The number of oxime groups is 1. The first-order valence-electron chi connectivity index (χ1n) is 6.17. The fraction of sp³-hybridized carbons (Fsp3) is 0.0769. The molecule has 2 rings (SSSR count). The first kappa shape index (κ1) is 16.5. The van der Waals surface area contributed by atoms with Crippen LogP contribution >= 0.6 is 11.3 Å². The minimum absolute atomic E-state index is 0.0212. The van der Waals surface area contributed by atoms with E-state index < -0.39 is 23.8 Å². The second-order valence-corrected chi connectivity index (χ2v) is 5.04. The molecule has 1 aromatic heterocycles. The van der Waals surface area contributed by atoms with Crippen LogP contribution in [0.3, 0.4) is 0 Å². The van der Waals surface area contributed by atoms with Gasteiger partial charge in [0.25, 0.3) is 0 Å². The average Bonchev–Trinajstić information content (AvgIpc) is 2.97. The van der Waals surface area contributed by atoms with Gasteiger partial charge >= 0.3 is 20.0 Å². The molecule has 2 aromatic rings. The van der Waals surface area contributed by atoms with Gasteiger partial charge in [-0.2, -0.15) is 0 Å². The zero-order valence-corrected chi connectivity index (χ0v) is 12.4. The molecule has 0 fully saturated rings. The topological polar surface area (TPSA) is 124 Å². The number of anilines is 1. The van der Waals surface area contributed by atoms with Crippen LogP contribution in [-0.2, 0) is 19.1 Å². The van der Waals surface area contributed by atoms with E-state index >= 15 is 0 Å². The number of carbonyl (C=O) groups is 2. The lowest BCUT2D eigenvalue weighted by atomic mass is 10.1. The number of benzene rings is 1. The summed E-state index contributed by atoms with van der Waals surface area (Å²) >= 11 is 1.05. The Bertz CT molecular complexity index is 734. The standard InChI is InChI=1S/C13H10BN3O5S/c14-21-12(20)10(7-4-2-1-3-5-7)22-17-9(11(18)19)8-6-23-13(15)16-8/h1-6,10H,(H2,15,16)(H,18,19)/b17-9-/t10-/m0/s1. The Morgan fingerprint density at radius 2 is 2.04 bits per heavy atom. The number of nitrogen functional groups attached to an aromatic ring is 1. The Kier molecular flexibility index (Phi) is 5.31. The normalized spacial score (nSPS) is 12.4. The van der Waals surface area contributed by atoms with E-state index in [0.29, 0.717) is 5.56 Å². The number of carboxylic acids is 1. The molecule has 0 aliphatic heterocycles. The molecule has 2 radical (unpaired) electrons. The van der Waals surface area contributed by atoms with Crippen LogP contribution in [0.4, 0.5) is 5.13 Å². The van der Waals surface area contributed by atoms with Crippen molar-refractivity contribution in [2.24, 2.45) is 5.16 Å². The number of nitrogens with zero attached hydrogens (tertiary/aromatic N) is 2. The molecule has 0 aliphatic carbocycles. The lowest BCUT2D eigenvalue weighted by molar-refractivity contribution is -0.148. The van der Waals surface area contributed by atoms with E-state index in [9.17, 15) is 14.7 Å². The number of hydrogen-bond acceptors (Lipinski definition) is 8. The van der Waals surface area contributed by atoms with Gasteiger partial charge in [0.2, 0.25) is 11.8 Å². The van der Waals surface area contributed by atoms with Crippen LogP contribution in [0.2, 0.25) is 0 Å². The minimum atomic E-state index is -1.39. The number of aliphatic carboxylic acids is 1. The molecule has 0 bridgehead atoms. The third kappa shape index (κ3) is 4.07.